The van der Waals surface area contributed by atoms with Crippen molar-refractivity contribution in [2.24, 2.45) is 11.8 Å². The van der Waals surface area contributed by atoms with Crippen LogP contribution in [0.15, 0.2) is 18.6 Å². The highest BCUT2D eigenvalue weighted by Gasteiger charge is 2.45. The molecule has 2 aromatic heterocycles. The molecule has 7 nitrogen and oxygen atoms in total. The van der Waals surface area contributed by atoms with Crippen LogP contribution < -0.4 is 0 Å². The molecule has 1 saturated heterocycles. The van der Waals surface area contributed by atoms with Crippen molar-refractivity contribution in [3.05, 3.63) is 35.9 Å². The van der Waals surface area contributed by atoms with Crippen LogP contribution in [0.5, 0.6) is 0 Å². The van der Waals surface area contributed by atoms with Crippen molar-refractivity contribution in [1.29, 1.82) is 0 Å². The Morgan fingerprint density at radius 3 is 2.81 bits per heavy atom. The van der Waals surface area contributed by atoms with Gasteiger partial charge in [0.2, 0.25) is 5.91 Å². The van der Waals surface area contributed by atoms with Crippen molar-refractivity contribution in [3.8, 4) is 0 Å². The Hall–Kier alpha value is -2.31. The molecule has 26 heavy (non-hydrogen) atoms. The van der Waals surface area contributed by atoms with Gasteiger partial charge in [-0.3, -0.25) is 19.9 Å². The number of H-pyrrole nitrogens is 1. The van der Waals surface area contributed by atoms with E-state index in [1.54, 1.807) is 18.6 Å². The van der Waals surface area contributed by atoms with Gasteiger partial charge < -0.3 is 4.90 Å². The summed E-state index contributed by atoms with van der Waals surface area (Å²) >= 11 is 0. The third-order valence-corrected chi connectivity index (χ3v) is 5.97. The Morgan fingerprint density at radius 1 is 1.19 bits per heavy atom. The molecule has 2 aromatic rings. The maximum absolute atomic E-state index is 12.7. The molecule has 5 rings (SSSR count). The fraction of sp³-hybridized carbons (Fsp3) is 0.632. The minimum atomic E-state index is 0.214. The van der Waals surface area contributed by atoms with Gasteiger partial charge in [0.05, 0.1) is 5.69 Å². The molecule has 136 valence electrons. The van der Waals surface area contributed by atoms with Crippen LogP contribution in [0.2, 0.25) is 0 Å². The van der Waals surface area contributed by atoms with Gasteiger partial charge in [0, 0.05) is 49.9 Å². The highest BCUT2D eigenvalue weighted by atomic mass is 16.2. The maximum atomic E-state index is 12.7. The summed E-state index contributed by atoms with van der Waals surface area (Å²) in [5.41, 5.74) is 0.875. The van der Waals surface area contributed by atoms with Gasteiger partial charge in [-0.1, -0.05) is 0 Å². The molecule has 0 radical (unpaired) electrons. The molecule has 1 N–H and O–H groups in total. The molecule has 2 aliphatic carbocycles. The zero-order valence-corrected chi connectivity index (χ0v) is 14.8. The summed E-state index contributed by atoms with van der Waals surface area (Å²) in [6, 6.07) is 0. The van der Waals surface area contributed by atoms with Crippen LogP contribution in [-0.2, 0) is 11.2 Å². The Labute approximate surface area is 152 Å². The number of likely N-dealkylation sites (tertiary alicyclic amines) is 1. The molecule has 0 aromatic carbocycles. The van der Waals surface area contributed by atoms with Crippen molar-refractivity contribution in [2.45, 2.75) is 50.4 Å². The molecule has 2 saturated carbocycles. The number of carbonyl (C=O) groups is 1. The minimum absolute atomic E-state index is 0.214. The first-order chi connectivity index (χ1) is 12.8. The molecule has 3 fully saturated rings. The van der Waals surface area contributed by atoms with Gasteiger partial charge in [0.15, 0.2) is 5.82 Å². The lowest BCUT2D eigenvalue weighted by molar-refractivity contribution is -0.130. The molecule has 1 amide bonds. The maximum Gasteiger partial charge on any atom is 0.222 e. The first kappa shape index (κ1) is 15.9. The van der Waals surface area contributed by atoms with E-state index in [1.165, 1.54) is 25.7 Å². The largest absolute Gasteiger partial charge is 0.342 e. The summed E-state index contributed by atoms with van der Waals surface area (Å²) in [7, 11) is 0. The van der Waals surface area contributed by atoms with Crippen LogP contribution in [0.25, 0.3) is 0 Å². The van der Waals surface area contributed by atoms with Crippen molar-refractivity contribution < 1.29 is 4.79 Å². The zero-order valence-electron chi connectivity index (χ0n) is 14.8. The zero-order chi connectivity index (χ0) is 17.5. The number of hydrogen-bond donors (Lipinski definition) is 1. The van der Waals surface area contributed by atoms with Crippen LogP contribution in [-0.4, -0.2) is 49.0 Å². The van der Waals surface area contributed by atoms with Gasteiger partial charge in [-0.05, 0) is 43.9 Å². The summed E-state index contributed by atoms with van der Waals surface area (Å²) in [5, 5.41) is 7.61. The first-order valence-corrected chi connectivity index (χ1v) is 9.73. The average Bonchev–Trinajstić information content (AvgIpc) is 3.61. The lowest BCUT2D eigenvalue weighted by Gasteiger charge is -2.16. The van der Waals surface area contributed by atoms with Gasteiger partial charge in [-0.25, -0.2) is 4.98 Å². The van der Waals surface area contributed by atoms with Crippen LogP contribution in [0.4, 0.5) is 0 Å². The van der Waals surface area contributed by atoms with Gasteiger partial charge in [0.1, 0.15) is 5.82 Å². The molecule has 3 heterocycles. The standard InChI is InChI=1S/C19H24N6O/c26-17(6-5-14-9-20-7-8-21-14)25-10-15(12-1-2-12)16(11-25)19-22-18(23-24-19)13-3-4-13/h7-9,12-13,15-16H,1-6,10-11H2,(H,22,23,24)/t15-,16+/m1/s1. The molecule has 1 aliphatic heterocycles. The summed E-state index contributed by atoms with van der Waals surface area (Å²) in [6.45, 7) is 1.62. The number of aromatic nitrogens is 5. The normalized spacial score (nSPS) is 25.6. The number of hydrogen-bond acceptors (Lipinski definition) is 5. The first-order valence-electron chi connectivity index (χ1n) is 9.73. The Bertz CT molecular complexity index is 782. The van der Waals surface area contributed by atoms with E-state index in [0.717, 1.165) is 36.4 Å². The summed E-state index contributed by atoms with van der Waals surface area (Å²) in [6.07, 6.45) is 11.2. The second-order valence-electron chi connectivity index (χ2n) is 7.96. The second-order valence-corrected chi connectivity index (χ2v) is 7.96. The third kappa shape index (κ3) is 3.22. The molecule has 2 atom stereocenters. The SMILES string of the molecule is O=C(CCc1cnccn1)N1C[C@H](c2nc(C3CC3)n[nH]2)[C@@H](C2CC2)C1. The Balaban J connectivity index is 1.26. The van der Waals surface area contributed by atoms with E-state index in [0.29, 0.717) is 30.6 Å². The van der Waals surface area contributed by atoms with Crippen molar-refractivity contribution in [3.63, 3.8) is 0 Å². The molecule has 7 heteroatoms. The smallest absolute Gasteiger partial charge is 0.222 e. The number of carbonyl (C=O) groups excluding carboxylic acids is 1. The molecular formula is C19H24N6O. The number of nitrogens with one attached hydrogen (secondary N) is 1. The molecule has 3 aliphatic rings. The van der Waals surface area contributed by atoms with E-state index in [-0.39, 0.29) is 5.91 Å². The molecule has 0 bridgehead atoms. The van der Waals surface area contributed by atoms with E-state index in [4.69, 9.17) is 4.98 Å². The Kier molecular flexibility index (Phi) is 3.94. The highest BCUT2D eigenvalue weighted by Crippen LogP contribution is 2.47. The topological polar surface area (TPSA) is 87.7 Å². The minimum Gasteiger partial charge on any atom is -0.342 e. The molecule has 0 unspecified atom stereocenters. The fourth-order valence-corrected chi connectivity index (χ4v) is 4.15. The van der Waals surface area contributed by atoms with Gasteiger partial charge >= 0.3 is 0 Å². The second kappa shape index (κ2) is 6.45. The lowest BCUT2D eigenvalue weighted by atomic mass is 9.91. The number of nitrogens with zero attached hydrogens (tertiary/aromatic N) is 5. The summed E-state index contributed by atoms with van der Waals surface area (Å²) in [4.78, 5) is 27.9. The predicted octanol–water partition coefficient (Wildman–Crippen LogP) is 2.06. The number of aromatic amines is 1. The molecule has 0 spiro atoms. The quantitative estimate of drug-likeness (QED) is 0.860. The van der Waals surface area contributed by atoms with E-state index in [9.17, 15) is 4.79 Å². The van der Waals surface area contributed by atoms with E-state index < -0.39 is 0 Å². The van der Waals surface area contributed by atoms with Gasteiger partial charge in [-0.2, -0.15) is 5.10 Å². The van der Waals surface area contributed by atoms with Crippen LogP contribution in [0.1, 0.15) is 61.3 Å². The average molecular weight is 352 g/mol. The highest BCUT2D eigenvalue weighted by molar-refractivity contribution is 5.76. The summed E-state index contributed by atoms with van der Waals surface area (Å²) < 4.78 is 0. The lowest BCUT2D eigenvalue weighted by Crippen LogP contribution is -2.29. The van der Waals surface area contributed by atoms with E-state index in [1.807, 2.05) is 4.90 Å². The predicted molar refractivity (Wildman–Crippen MR) is 94.2 cm³/mol. The monoisotopic (exact) mass is 352 g/mol. The van der Waals surface area contributed by atoms with Crippen molar-refractivity contribution in [1.82, 2.24) is 30.0 Å². The van der Waals surface area contributed by atoms with Gasteiger partial charge in [-0.15, -0.1) is 0 Å². The Morgan fingerprint density at radius 2 is 2.08 bits per heavy atom. The summed E-state index contributed by atoms with van der Waals surface area (Å²) in [5.74, 6) is 4.32. The van der Waals surface area contributed by atoms with Crippen LogP contribution >= 0.6 is 0 Å². The molecular weight excluding hydrogens is 328 g/mol. The third-order valence-electron chi connectivity index (χ3n) is 5.97. The van der Waals surface area contributed by atoms with Gasteiger partial charge in [0.25, 0.3) is 0 Å². The fourth-order valence-electron chi connectivity index (χ4n) is 4.15. The van der Waals surface area contributed by atoms with Crippen LogP contribution in [0, 0.1) is 11.8 Å². The van der Waals surface area contributed by atoms with E-state index in [2.05, 4.69) is 20.2 Å². The number of aryl methyl sites for hydroxylation is 1. The van der Waals surface area contributed by atoms with E-state index >= 15 is 0 Å². The van der Waals surface area contributed by atoms with Crippen molar-refractivity contribution >= 4 is 5.91 Å². The van der Waals surface area contributed by atoms with Crippen LogP contribution in [0.3, 0.4) is 0 Å². The number of rotatable bonds is 6. The van der Waals surface area contributed by atoms with Crippen molar-refractivity contribution in [2.75, 3.05) is 13.1 Å². The number of amides is 1.